The second-order valence-corrected chi connectivity index (χ2v) is 6.77. The van der Waals surface area contributed by atoms with Crippen LogP contribution in [0.1, 0.15) is 44.9 Å². The van der Waals surface area contributed by atoms with Crippen LogP contribution in [0.4, 0.5) is 5.13 Å². The van der Waals surface area contributed by atoms with E-state index in [2.05, 4.69) is 15.6 Å². The number of carbonyl (C=O) groups excluding carboxylic acids is 2. The highest BCUT2D eigenvalue weighted by atomic mass is 32.1. The summed E-state index contributed by atoms with van der Waals surface area (Å²) in [6, 6.07) is 16.9. The van der Waals surface area contributed by atoms with Gasteiger partial charge in [0.05, 0.1) is 6.04 Å². The van der Waals surface area contributed by atoms with Gasteiger partial charge in [0.1, 0.15) is 5.69 Å². The second-order valence-electron chi connectivity index (χ2n) is 5.91. The average Bonchev–Trinajstić information content (AvgIpc) is 3.11. The van der Waals surface area contributed by atoms with Crippen LogP contribution in [0.25, 0.3) is 0 Å². The number of nitrogens with zero attached hydrogens (tertiary/aromatic N) is 1. The Morgan fingerprint density at radius 3 is 2.42 bits per heavy atom. The predicted octanol–water partition coefficient (Wildman–Crippen LogP) is 4.19. The van der Waals surface area contributed by atoms with Crippen LogP contribution >= 0.6 is 11.3 Å². The SMILES string of the molecule is Cc1ccccc1C(=O)Nc1nc(C(=O)N[C@@H](C)c2ccccc2)cs1. The summed E-state index contributed by atoms with van der Waals surface area (Å²) < 4.78 is 0. The van der Waals surface area contributed by atoms with E-state index in [0.717, 1.165) is 11.1 Å². The number of thiazole rings is 1. The number of aromatic nitrogens is 1. The zero-order valence-corrected chi connectivity index (χ0v) is 15.3. The molecule has 0 saturated carbocycles. The molecule has 0 fully saturated rings. The Kier molecular flexibility index (Phi) is 5.43. The monoisotopic (exact) mass is 365 g/mol. The van der Waals surface area contributed by atoms with Gasteiger partial charge in [0.25, 0.3) is 11.8 Å². The molecule has 2 aromatic carbocycles. The molecular weight excluding hydrogens is 346 g/mol. The second kappa shape index (κ2) is 7.93. The first-order valence-electron chi connectivity index (χ1n) is 8.23. The molecule has 0 aliphatic carbocycles. The van der Waals surface area contributed by atoms with Crippen molar-refractivity contribution >= 4 is 28.3 Å². The highest BCUT2D eigenvalue weighted by Crippen LogP contribution is 2.19. The smallest absolute Gasteiger partial charge is 0.271 e. The molecule has 0 saturated heterocycles. The molecule has 5 nitrogen and oxygen atoms in total. The molecule has 3 aromatic rings. The molecule has 0 aliphatic heterocycles. The fourth-order valence-corrected chi connectivity index (χ4v) is 3.21. The number of hydrogen-bond donors (Lipinski definition) is 2. The van der Waals surface area contributed by atoms with Crippen molar-refractivity contribution in [1.29, 1.82) is 0 Å². The molecule has 1 atom stereocenters. The first kappa shape index (κ1) is 17.8. The Morgan fingerprint density at radius 2 is 1.69 bits per heavy atom. The maximum absolute atomic E-state index is 12.4. The van der Waals surface area contributed by atoms with Crippen LogP contribution in [0.2, 0.25) is 0 Å². The summed E-state index contributed by atoms with van der Waals surface area (Å²) in [4.78, 5) is 28.9. The highest BCUT2D eigenvalue weighted by molar-refractivity contribution is 7.14. The number of amides is 2. The molecule has 3 rings (SSSR count). The van der Waals surface area contributed by atoms with E-state index in [4.69, 9.17) is 0 Å². The van der Waals surface area contributed by atoms with Crippen molar-refractivity contribution < 1.29 is 9.59 Å². The largest absolute Gasteiger partial charge is 0.344 e. The number of anilines is 1. The quantitative estimate of drug-likeness (QED) is 0.712. The Balaban J connectivity index is 1.65. The van der Waals surface area contributed by atoms with E-state index in [1.165, 1.54) is 11.3 Å². The van der Waals surface area contributed by atoms with Crippen molar-refractivity contribution in [3.8, 4) is 0 Å². The Labute approximate surface area is 156 Å². The van der Waals surface area contributed by atoms with Gasteiger partial charge in [-0.05, 0) is 31.0 Å². The van der Waals surface area contributed by atoms with Crippen LogP contribution in [0, 0.1) is 6.92 Å². The lowest BCUT2D eigenvalue weighted by Crippen LogP contribution is -2.27. The Morgan fingerprint density at radius 1 is 1.00 bits per heavy atom. The van der Waals surface area contributed by atoms with Gasteiger partial charge in [-0.15, -0.1) is 11.3 Å². The summed E-state index contributed by atoms with van der Waals surface area (Å²) in [5.41, 5.74) is 2.78. The molecule has 6 heteroatoms. The number of rotatable bonds is 5. The highest BCUT2D eigenvalue weighted by Gasteiger charge is 2.16. The van der Waals surface area contributed by atoms with E-state index in [0.29, 0.717) is 10.7 Å². The first-order valence-corrected chi connectivity index (χ1v) is 9.11. The van der Waals surface area contributed by atoms with E-state index >= 15 is 0 Å². The molecule has 0 aliphatic rings. The van der Waals surface area contributed by atoms with Gasteiger partial charge in [0, 0.05) is 10.9 Å². The molecular formula is C20H19N3O2S. The van der Waals surface area contributed by atoms with E-state index < -0.39 is 0 Å². The van der Waals surface area contributed by atoms with Gasteiger partial charge in [-0.1, -0.05) is 48.5 Å². The third-order valence-corrected chi connectivity index (χ3v) is 4.75. The van der Waals surface area contributed by atoms with Gasteiger partial charge >= 0.3 is 0 Å². The molecule has 132 valence electrons. The third kappa shape index (κ3) is 4.15. The fourth-order valence-electron chi connectivity index (χ4n) is 2.52. The van der Waals surface area contributed by atoms with E-state index in [-0.39, 0.29) is 23.6 Å². The molecule has 0 radical (unpaired) electrons. The third-order valence-electron chi connectivity index (χ3n) is 3.99. The summed E-state index contributed by atoms with van der Waals surface area (Å²) in [5.74, 6) is -0.504. The molecule has 26 heavy (non-hydrogen) atoms. The van der Waals surface area contributed by atoms with Crippen molar-refractivity contribution in [2.75, 3.05) is 5.32 Å². The molecule has 2 amide bonds. The zero-order chi connectivity index (χ0) is 18.5. The van der Waals surface area contributed by atoms with Crippen molar-refractivity contribution in [2.45, 2.75) is 19.9 Å². The van der Waals surface area contributed by atoms with Crippen LogP contribution in [-0.4, -0.2) is 16.8 Å². The molecule has 1 heterocycles. The summed E-state index contributed by atoms with van der Waals surface area (Å²) >= 11 is 1.23. The number of carbonyl (C=O) groups is 2. The van der Waals surface area contributed by atoms with Crippen LogP contribution < -0.4 is 10.6 Å². The molecule has 2 N–H and O–H groups in total. The standard InChI is InChI=1S/C20H19N3O2S/c1-13-8-6-7-11-16(13)18(24)23-20-22-17(12-26-20)19(25)21-14(2)15-9-4-3-5-10-15/h3-12,14H,1-2H3,(H,21,25)(H,22,23,24)/t14-/m0/s1. The topological polar surface area (TPSA) is 71.1 Å². The van der Waals surface area contributed by atoms with Crippen LogP contribution in [0.15, 0.2) is 60.0 Å². The van der Waals surface area contributed by atoms with Gasteiger partial charge in [-0.3, -0.25) is 14.9 Å². The predicted molar refractivity (Wildman–Crippen MR) is 104 cm³/mol. The molecule has 0 bridgehead atoms. The number of aryl methyl sites for hydroxylation is 1. The maximum Gasteiger partial charge on any atom is 0.271 e. The number of hydrogen-bond acceptors (Lipinski definition) is 4. The Hall–Kier alpha value is -2.99. The Bertz CT molecular complexity index is 922. The van der Waals surface area contributed by atoms with Crippen molar-refractivity contribution in [3.05, 3.63) is 82.4 Å². The van der Waals surface area contributed by atoms with Gasteiger partial charge in [0.15, 0.2) is 5.13 Å². The van der Waals surface area contributed by atoms with Crippen LogP contribution in [0.5, 0.6) is 0 Å². The summed E-state index contributed by atoms with van der Waals surface area (Å²) in [6.45, 7) is 3.79. The van der Waals surface area contributed by atoms with Crippen molar-refractivity contribution in [1.82, 2.24) is 10.3 Å². The van der Waals surface area contributed by atoms with Gasteiger partial charge < -0.3 is 5.32 Å². The average molecular weight is 365 g/mol. The summed E-state index contributed by atoms with van der Waals surface area (Å²) in [5, 5.41) is 7.70. The minimum absolute atomic E-state index is 0.129. The number of benzene rings is 2. The lowest BCUT2D eigenvalue weighted by Gasteiger charge is -2.13. The minimum atomic E-state index is -0.269. The molecule has 1 aromatic heterocycles. The summed E-state index contributed by atoms with van der Waals surface area (Å²) in [6.07, 6.45) is 0. The van der Waals surface area contributed by atoms with Gasteiger partial charge in [0.2, 0.25) is 0 Å². The normalized spacial score (nSPS) is 11.6. The van der Waals surface area contributed by atoms with E-state index in [1.807, 2.05) is 62.4 Å². The van der Waals surface area contributed by atoms with E-state index in [9.17, 15) is 9.59 Å². The van der Waals surface area contributed by atoms with Crippen LogP contribution in [-0.2, 0) is 0 Å². The van der Waals surface area contributed by atoms with Gasteiger partial charge in [-0.2, -0.15) is 0 Å². The lowest BCUT2D eigenvalue weighted by molar-refractivity contribution is 0.0934. The minimum Gasteiger partial charge on any atom is -0.344 e. The maximum atomic E-state index is 12.4. The fraction of sp³-hybridized carbons (Fsp3) is 0.150. The molecule has 0 unspecified atom stereocenters. The van der Waals surface area contributed by atoms with Crippen molar-refractivity contribution in [3.63, 3.8) is 0 Å². The number of nitrogens with one attached hydrogen (secondary N) is 2. The first-order chi connectivity index (χ1) is 12.5. The van der Waals surface area contributed by atoms with Crippen LogP contribution in [0.3, 0.4) is 0 Å². The lowest BCUT2D eigenvalue weighted by atomic mass is 10.1. The zero-order valence-electron chi connectivity index (χ0n) is 14.5. The van der Waals surface area contributed by atoms with E-state index in [1.54, 1.807) is 11.4 Å². The summed E-state index contributed by atoms with van der Waals surface area (Å²) in [7, 11) is 0. The van der Waals surface area contributed by atoms with Crippen molar-refractivity contribution in [2.24, 2.45) is 0 Å². The van der Waals surface area contributed by atoms with Gasteiger partial charge in [-0.25, -0.2) is 4.98 Å². The molecule has 0 spiro atoms.